The second-order valence-electron chi connectivity index (χ2n) is 4.68. The summed E-state index contributed by atoms with van der Waals surface area (Å²) in [5.74, 6) is -0.650. The van der Waals surface area contributed by atoms with Gasteiger partial charge in [0, 0.05) is 12.1 Å². The van der Waals surface area contributed by atoms with Crippen LogP contribution in [0.5, 0.6) is 0 Å². The highest BCUT2D eigenvalue weighted by molar-refractivity contribution is 7.80. The van der Waals surface area contributed by atoms with Gasteiger partial charge in [-0.3, -0.25) is 9.59 Å². The first-order valence-corrected chi connectivity index (χ1v) is 7.26. The number of thiocarbonyl (C=S) groups is 1. The Balaban J connectivity index is 1.77. The molecule has 0 atom stereocenters. The third-order valence-electron chi connectivity index (χ3n) is 2.97. The van der Waals surface area contributed by atoms with Crippen LogP contribution in [0.25, 0.3) is 0 Å². The number of Topliss-reactive ketones (excluding diaryl/α,β-unsaturated/α-hetero) is 1. The van der Waals surface area contributed by atoms with Crippen LogP contribution in [0.4, 0.5) is 0 Å². The molecule has 0 saturated heterocycles. The smallest absolute Gasteiger partial charge is 0.233 e. The third-order valence-corrected chi connectivity index (χ3v) is 3.21. The number of benzene rings is 2. The van der Waals surface area contributed by atoms with E-state index < -0.39 is 5.91 Å². The number of ketones is 1. The van der Waals surface area contributed by atoms with Gasteiger partial charge in [0.25, 0.3) is 0 Å². The van der Waals surface area contributed by atoms with Gasteiger partial charge >= 0.3 is 0 Å². The summed E-state index contributed by atoms with van der Waals surface area (Å²) < 4.78 is 0. The molecule has 2 rings (SSSR count). The van der Waals surface area contributed by atoms with E-state index in [0.29, 0.717) is 12.1 Å². The lowest BCUT2D eigenvalue weighted by Crippen LogP contribution is -2.39. The van der Waals surface area contributed by atoms with E-state index in [1.807, 2.05) is 36.4 Å². The van der Waals surface area contributed by atoms with E-state index >= 15 is 0 Å². The van der Waals surface area contributed by atoms with Crippen LogP contribution < -0.4 is 10.6 Å². The Hall–Kier alpha value is -2.53. The van der Waals surface area contributed by atoms with E-state index in [1.54, 1.807) is 24.3 Å². The first kappa shape index (κ1) is 15.9. The van der Waals surface area contributed by atoms with Crippen molar-refractivity contribution in [2.24, 2.45) is 0 Å². The van der Waals surface area contributed by atoms with Crippen LogP contribution in [0.15, 0.2) is 60.7 Å². The molecule has 1 amide bonds. The highest BCUT2D eigenvalue weighted by Gasteiger charge is 2.12. The topological polar surface area (TPSA) is 58.2 Å². The summed E-state index contributed by atoms with van der Waals surface area (Å²) >= 11 is 5.04. The summed E-state index contributed by atoms with van der Waals surface area (Å²) in [6.07, 6.45) is -0.225. The predicted molar refractivity (Wildman–Crippen MR) is 89.4 cm³/mol. The van der Waals surface area contributed by atoms with Crippen molar-refractivity contribution in [1.82, 2.24) is 10.6 Å². The van der Waals surface area contributed by atoms with Gasteiger partial charge in [0.1, 0.15) is 0 Å². The van der Waals surface area contributed by atoms with Gasteiger partial charge in [-0.15, -0.1) is 0 Å². The van der Waals surface area contributed by atoms with Crippen molar-refractivity contribution in [1.29, 1.82) is 0 Å². The van der Waals surface area contributed by atoms with Gasteiger partial charge < -0.3 is 10.6 Å². The van der Waals surface area contributed by atoms with Crippen LogP contribution in [0.1, 0.15) is 22.3 Å². The van der Waals surface area contributed by atoms with Gasteiger partial charge in [-0.25, -0.2) is 0 Å². The highest BCUT2D eigenvalue weighted by Crippen LogP contribution is 2.02. The first-order chi connectivity index (χ1) is 10.6. The largest absolute Gasteiger partial charge is 0.358 e. The second kappa shape index (κ2) is 8.05. The van der Waals surface area contributed by atoms with Crippen molar-refractivity contribution < 1.29 is 9.59 Å². The molecule has 0 aliphatic carbocycles. The lowest BCUT2D eigenvalue weighted by Gasteiger charge is -2.09. The molecule has 5 heteroatoms. The molecule has 2 aromatic carbocycles. The quantitative estimate of drug-likeness (QED) is 0.506. The zero-order valence-corrected chi connectivity index (χ0v) is 12.7. The molecule has 0 spiro atoms. The van der Waals surface area contributed by atoms with E-state index in [-0.39, 0.29) is 17.3 Å². The fourth-order valence-electron chi connectivity index (χ4n) is 1.87. The molecular formula is C17H16N2O2S. The fourth-order valence-corrected chi connectivity index (χ4v) is 2.05. The van der Waals surface area contributed by atoms with E-state index in [1.165, 1.54) is 0 Å². The van der Waals surface area contributed by atoms with Crippen LogP contribution in [-0.4, -0.2) is 16.8 Å². The van der Waals surface area contributed by atoms with E-state index in [4.69, 9.17) is 12.2 Å². The maximum absolute atomic E-state index is 11.9. The Kier molecular flexibility index (Phi) is 5.80. The number of hydrogen-bond donors (Lipinski definition) is 2. The van der Waals surface area contributed by atoms with Crippen molar-refractivity contribution in [3.05, 3.63) is 71.8 Å². The van der Waals surface area contributed by atoms with Crippen molar-refractivity contribution in [3.8, 4) is 0 Å². The van der Waals surface area contributed by atoms with Crippen LogP contribution >= 0.6 is 12.2 Å². The molecule has 0 heterocycles. The number of carbonyl (C=O) groups is 2. The highest BCUT2D eigenvalue weighted by atomic mass is 32.1. The van der Waals surface area contributed by atoms with Crippen LogP contribution in [0.2, 0.25) is 0 Å². The summed E-state index contributed by atoms with van der Waals surface area (Å²) in [5.41, 5.74) is 1.57. The zero-order valence-electron chi connectivity index (χ0n) is 11.9. The summed E-state index contributed by atoms with van der Waals surface area (Å²) in [5, 5.41) is 5.66. The molecule has 112 valence electrons. The Labute approximate surface area is 134 Å². The Morgan fingerprint density at radius 2 is 1.50 bits per heavy atom. The number of carbonyl (C=O) groups excluding carboxylic acids is 2. The van der Waals surface area contributed by atoms with Crippen LogP contribution in [0, 0.1) is 0 Å². The van der Waals surface area contributed by atoms with E-state index in [0.717, 1.165) is 5.56 Å². The van der Waals surface area contributed by atoms with Crippen LogP contribution in [0.3, 0.4) is 0 Å². The normalized spacial score (nSPS) is 9.82. The maximum atomic E-state index is 11.9. The van der Waals surface area contributed by atoms with E-state index in [9.17, 15) is 9.59 Å². The standard InChI is InChI=1S/C17H16N2O2S/c20-15(14-9-5-2-6-10-14)11-16(21)19-17(22)18-12-13-7-3-1-4-8-13/h1-10H,11-12H2,(H2,18,19,21,22). The molecule has 0 fully saturated rings. The molecule has 4 nitrogen and oxygen atoms in total. The van der Waals surface area contributed by atoms with Crippen molar-refractivity contribution in [2.45, 2.75) is 13.0 Å². The molecule has 2 N–H and O–H groups in total. The lowest BCUT2D eigenvalue weighted by molar-refractivity contribution is -0.118. The van der Waals surface area contributed by atoms with Crippen molar-refractivity contribution in [2.75, 3.05) is 0 Å². The molecule has 0 bridgehead atoms. The zero-order chi connectivity index (χ0) is 15.8. The molecule has 2 aromatic rings. The average molecular weight is 312 g/mol. The van der Waals surface area contributed by atoms with Crippen molar-refractivity contribution >= 4 is 29.0 Å². The molecule has 0 radical (unpaired) electrons. The van der Waals surface area contributed by atoms with Gasteiger partial charge in [0.15, 0.2) is 10.9 Å². The fraction of sp³-hybridized carbons (Fsp3) is 0.118. The Morgan fingerprint density at radius 1 is 0.909 bits per heavy atom. The molecule has 0 aliphatic heterocycles. The van der Waals surface area contributed by atoms with Crippen molar-refractivity contribution in [3.63, 3.8) is 0 Å². The summed E-state index contributed by atoms with van der Waals surface area (Å²) in [4.78, 5) is 23.7. The monoisotopic (exact) mass is 312 g/mol. The number of rotatable bonds is 5. The molecule has 0 aliphatic rings. The van der Waals surface area contributed by atoms with Gasteiger partial charge in [-0.05, 0) is 17.8 Å². The molecule has 0 unspecified atom stereocenters. The number of hydrogen-bond acceptors (Lipinski definition) is 3. The first-order valence-electron chi connectivity index (χ1n) is 6.85. The van der Waals surface area contributed by atoms with Gasteiger partial charge in [0.2, 0.25) is 5.91 Å². The summed E-state index contributed by atoms with van der Waals surface area (Å²) in [7, 11) is 0. The minimum Gasteiger partial charge on any atom is -0.358 e. The molecular weight excluding hydrogens is 296 g/mol. The molecule has 0 aromatic heterocycles. The summed E-state index contributed by atoms with van der Waals surface area (Å²) in [6.45, 7) is 0.520. The minimum absolute atomic E-state index is 0.217. The maximum Gasteiger partial charge on any atom is 0.233 e. The number of amides is 1. The van der Waals surface area contributed by atoms with E-state index in [2.05, 4.69) is 10.6 Å². The predicted octanol–water partition coefficient (Wildman–Crippen LogP) is 2.45. The molecule has 22 heavy (non-hydrogen) atoms. The third kappa shape index (κ3) is 5.10. The van der Waals surface area contributed by atoms with Gasteiger partial charge in [-0.1, -0.05) is 60.7 Å². The Morgan fingerprint density at radius 3 is 2.14 bits per heavy atom. The summed E-state index contributed by atoms with van der Waals surface area (Å²) in [6, 6.07) is 18.4. The average Bonchev–Trinajstić information content (AvgIpc) is 2.54. The van der Waals surface area contributed by atoms with Gasteiger partial charge in [0.05, 0.1) is 6.42 Å². The minimum atomic E-state index is -0.417. The number of nitrogens with one attached hydrogen (secondary N) is 2. The second-order valence-corrected chi connectivity index (χ2v) is 5.09. The van der Waals surface area contributed by atoms with Crippen LogP contribution in [-0.2, 0) is 11.3 Å². The molecule has 0 saturated carbocycles. The Bertz CT molecular complexity index is 657. The lowest BCUT2D eigenvalue weighted by atomic mass is 10.1. The van der Waals surface area contributed by atoms with Gasteiger partial charge in [-0.2, -0.15) is 0 Å². The SMILES string of the molecule is O=C(CC(=O)c1ccccc1)NC(=S)NCc1ccccc1.